The third kappa shape index (κ3) is 4.56. The fraction of sp³-hybridized carbons (Fsp3) is 0.200. The lowest BCUT2D eigenvalue weighted by molar-refractivity contribution is -0.142. The van der Waals surface area contributed by atoms with Crippen molar-refractivity contribution < 1.29 is 22.7 Å². The Bertz CT molecular complexity index is 1300. The van der Waals surface area contributed by atoms with Crippen molar-refractivity contribution in [3.63, 3.8) is 0 Å². The van der Waals surface area contributed by atoms with Gasteiger partial charge < -0.3 is 20.2 Å². The van der Waals surface area contributed by atoms with E-state index in [1.165, 1.54) is 24.6 Å². The number of hydrogen-bond acceptors (Lipinski definition) is 6. The summed E-state index contributed by atoms with van der Waals surface area (Å²) in [6, 6.07) is 11.8. The molecule has 0 amide bonds. The lowest BCUT2D eigenvalue weighted by Crippen LogP contribution is -2.10. The Morgan fingerprint density at radius 2 is 1.94 bits per heavy atom. The number of furan rings is 1. The number of nitrogens with two attached hydrogens (primary N) is 1. The summed E-state index contributed by atoms with van der Waals surface area (Å²) in [7, 11) is 0. The molecule has 0 aliphatic rings. The van der Waals surface area contributed by atoms with Crippen LogP contribution in [-0.4, -0.2) is 17.6 Å². The standard InChI is InChI=1S/C25H23F2N3O3/c1-2-32-22(31)12-15-5-3-4-6-20(15)30-14-16-11-19(25-18(23(16)26)8-10-33-25)17-7-9-29-21(13-28)24(17)27/h3-11,30H,2,12-14,28H2,1H3. The second-order valence-electron chi connectivity index (χ2n) is 7.38. The van der Waals surface area contributed by atoms with Gasteiger partial charge in [-0.2, -0.15) is 0 Å². The summed E-state index contributed by atoms with van der Waals surface area (Å²) in [6.07, 6.45) is 2.92. The summed E-state index contributed by atoms with van der Waals surface area (Å²) in [5, 5.41) is 3.43. The summed E-state index contributed by atoms with van der Waals surface area (Å²) in [6.45, 7) is 2.09. The molecule has 0 saturated carbocycles. The van der Waals surface area contributed by atoms with Crippen molar-refractivity contribution in [2.75, 3.05) is 11.9 Å². The summed E-state index contributed by atoms with van der Waals surface area (Å²) < 4.78 is 40.7. The fourth-order valence-electron chi connectivity index (χ4n) is 3.74. The number of benzene rings is 2. The van der Waals surface area contributed by atoms with Gasteiger partial charge in [-0.1, -0.05) is 18.2 Å². The highest BCUT2D eigenvalue weighted by atomic mass is 19.1. The van der Waals surface area contributed by atoms with Gasteiger partial charge in [0.05, 0.1) is 30.4 Å². The number of aromatic nitrogens is 1. The maximum Gasteiger partial charge on any atom is 0.310 e. The molecule has 4 rings (SSSR count). The van der Waals surface area contributed by atoms with Crippen LogP contribution in [0.25, 0.3) is 22.1 Å². The van der Waals surface area contributed by atoms with E-state index in [0.29, 0.717) is 23.4 Å². The van der Waals surface area contributed by atoms with E-state index < -0.39 is 11.6 Å². The van der Waals surface area contributed by atoms with Gasteiger partial charge in [-0.3, -0.25) is 9.78 Å². The molecule has 0 aliphatic heterocycles. The number of hydrogen-bond donors (Lipinski definition) is 2. The minimum Gasteiger partial charge on any atom is -0.466 e. The van der Waals surface area contributed by atoms with E-state index in [0.717, 1.165) is 5.56 Å². The quantitative estimate of drug-likeness (QED) is 0.369. The molecule has 0 atom stereocenters. The van der Waals surface area contributed by atoms with Crippen LogP contribution in [0.1, 0.15) is 23.7 Å². The Morgan fingerprint density at radius 1 is 1.12 bits per heavy atom. The first kappa shape index (κ1) is 22.4. The molecule has 2 heterocycles. The van der Waals surface area contributed by atoms with Crippen LogP contribution in [0.5, 0.6) is 0 Å². The fourth-order valence-corrected chi connectivity index (χ4v) is 3.74. The molecule has 3 N–H and O–H groups in total. The smallest absolute Gasteiger partial charge is 0.310 e. The van der Waals surface area contributed by atoms with E-state index in [1.54, 1.807) is 25.1 Å². The number of rotatable bonds is 8. The zero-order valence-electron chi connectivity index (χ0n) is 18.0. The molecule has 170 valence electrons. The number of anilines is 1. The van der Waals surface area contributed by atoms with Crippen LogP contribution in [0.3, 0.4) is 0 Å². The van der Waals surface area contributed by atoms with Gasteiger partial charge in [0.2, 0.25) is 0 Å². The molecule has 8 heteroatoms. The average Bonchev–Trinajstić information content (AvgIpc) is 3.31. The van der Waals surface area contributed by atoms with Gasteiger partial charge >= 0.3 is 5.97 Å². The Balaban J connectivity index is 1.70. The molecule has 4 aromatic rings. The van der Waals surface area contributed by atoms with Gasteiger partial charge in [0.25, 0.3) is 0 Å². The molecule has 2 aromatic carbocycles. The van der Waals surface area contributed by atoms with E-state index in [4.69, 9.17) is 14.9 Å². The molecule has 2 aromatic heterocycles. The maximum absolute atomic E-state index is 15.3. The highest BCUT2D eigenvalue weighted by Gasteiger charge is 2.20. The van der Waals surface area contributed by atoms with Gasteiger partial charge in [0, 0.05) is 41.7 Å². The third-order valence-electron chi connectivity index (χ3n) is 5.32. The third-order valence-corrected chi connectivity index (χ3v) is 5.32. The molecule has 0 aliphatic carbocycles. The second-order valence-corrected chi connectivity index (χ2v) is 7.38. The number of carbonyl (C=O) groups is 1. The molecular weight excluding hydrogens is 428 g/mol. The number of carbonyl (C=O) groups excluding carboxylic acids is 1. The van der Waals surface area contributed by atoms with Gasteiger partial charge in [0.1, 0.15) is 11.4 Å². The molecular formula is C25H23F2N3O3. The van der Waals surface area contributed by atoms with Crippen molar-refractivity contribution in [2.24, 2.45) is 5.73 Å². The van der Waals surface area contributed by atoms with Crippen molar-refractivity contribution in [3.05, 3.63) is 83.4 Å². The first-order chi connectivity index (χ1) is 16.0. The topological polar surface area (TPSA) is 90.4 Å². The number of halogens is 2. The molecule has 0 unspecified atom stereocenters. The second kappa shape index (κ2) is 9.79. The summed E-state index contributed by atoms with van der Waals surface area (Å²) in [4.78, 5) is 15.9. The number of nitrogens with zero attached hydrogens (tertiary/aromatic N) is 1. The van der Waals surface area contributed by atoms with E-state index in [2.05, 4.69) is 10.3 Å². The number of esters is 1. The van der Waals surface area contributed by atoms with Crippen molar-refractivity contribution in [3.8, 4) is 11.1 Å². The molecule has 0 fully saturated rings. The van der Waals surface area contributed by atoms with Crippen LogP contribution in [-0.2, 0) is 29.0 Å². The summed E-state index contributed by atoms with van der Waals surface area (Å²) in [5.74, 6) is -1.38. The summed E-state index contributed by atoms with van der Waals surface area (Å²) >= 11 is 0. The van der Waals surface area contributed by atoms with Gasteiger partial charge in [0.15, 0.2) is 5.82 Å². The minimum absolute atomic E-state index is 0.0617. The van der Waals surface area contributed by atoms with Crippen LogP contribution in [0.4, 0.5) is 14.5 Å². The monoisotopic (exact) mass is 451 g/mol. The van der Waals surface area contributed by atoms with Crippen LogP contribution in [0, 0.1) is 11.6 Å². The number of nitrogens with one attached hydrogen (secondary N) is 1. The van der Waals surface area contributed by atoms with E-state index in [-0.39, 0.29) is 47.7 Å². The van der Waals surface area contributed by atoms with Gasteiger partial charge in [-0.05, 0) is 36.8 Å². The number of fused-ring (bicyclic) bond motifs is 1. The van der Waals surface area contributed by atoms with Gasteiger partial charge in [-0.25, -0.2) is 8.78 Å². The summed E-state index contributed by atoms with van der Waals surface area (Å²) in [5.41, 5.74) is 8.31. The highest BCUT2D eigenvalue weighted by Crippen LogP contribution is 2.35. The van der Waals surface area contributed by atoms with Crippen molar-refractivity contribution >= 4 is 22.6 Å². The number of para-hydroxylation sites is 1. The predicted molar refractivity (Wildman–Crippen MR) is 121 cm³/mol. The van der Waals surface area contributed by atoms with Gasteiger partial charge in [-0.15, -0.1) is 0 Å². The average molecular weight is 451 g/mol. The van der Waals surface area contributed by atoms with E-state index in [1.807, 2.05) is 12.1 Å². The Morgan fingerprint density at radius 3 is 2.73 bits per heavy atom. The van der Waals surface area contributed by atoms with Crippen molar-refractivity contribution in [2.45, 2.75) is 26.4 Å². The molecule has 33 heavy (non-hydrogen) atoms. The predicted octanol–water partition coefficient (Wildman–Crippen LogP) is 4.95. The lowest BCUT2D eigenvalue weighted by atomic mass is 9.99. The first-order valence-electron chi connectivity index (χ1n) is 10.5. The number of pyridine rings is 1. The van der Waals surface area contributed by atoms with E-state index in [9.17, 15) is 9.18 Å². The number of ether oxygens (including phenoxy) is 1. The normalized spacial score (nSPS) is 11.0. The van der Waals surface area contributed by atoms with Crippen LogP contribution in [0.2, 0.25) is 0 Å². The molecule has 0 bridgehead atoms. The SMILES string of the molecule is CCOC(=O)Cc1ccccc1NCc1cc(-c2ccnc(CN)c2F)c2occc2c1F. The molecule has 6 nitrogen and oxygen atoms in total. The van der Waals surface area contributed by atoms with Crippen LogP contribution >= 0.6 is 0 Å². The highest BCUT2D eigenvalue weighted by molar-refractivity contribution is 5.94. The van der Waals surface area contributed by atoms with E-state index >= 15 is 4.39 Å². The van der Waals surface area contributed by atoms with Crippen LogP contribution in [0.15, 0.2) is 59.3 Å². The first-order valence-corrected chi connectivity index (χ1v) is 10.5. The Hall–Kier alpha value is -3.78. The molecule has 0 saturated heterocycles. The van der Waals surface area contributed by atoms with Crippen molar-refractivity contribution in [1.29, 1.82) is 0 Å². The maximum atomic E-state index is 15.3. The van der Waals surface area contributed by atoms with Crippen molar-refractivity contribution in [1.82, 2.24) is 4.98 Å². The zero-order chi connectivity index (χ0) is 23.4. The largest absolute Gasteiger partial charge is 0.466 e. The Kier molecular flexibility index (Phi) is 6.65. The minimum atomic E-state index is -0.567. The lowest BCUT2D eigenvalue weighted by Gasteiger charge is -2.14. The zero-order valence-corrected chi connectivity index (χ0v) is 18.0. The Labute approximate surface area is 189 Å². The molecule has 0 spiro atoms. The molecule has 0 radical (unpaired) electrons. The van der Waals surface area contributed by atoms with Crippen LogP contribution < -0.4 is 11.1 Å².